The molecule has 11 aromatic carbocycles. The second-order valence-electron chi connectivity index (χ2n) is 23.2. The summed E-state index contributed by atoms with van der Waals surface area (Å²) in [6, 6.07) is 90.7. The molecule has 11 aromatic rings. The van der Waals surface area contributed by atoms with Gasteiger partial charge in [0.1, 0.15) is 0 Å². The Labute approximate surface area is 460 Å². The lowest BCUT2D eigenvalue weighted by atomic mass is 9.72. The zero-order chi connectivity index (χ0) is 51.6. The molecule has 15 rings (SSSR count). The molecule has 2 saturated carbocycles. The van der Waals surface area contributed by atoms with Crippen LogP contribution >= 0.6 is 0 Å². The summed E-state index contributed by atoms with van der Waals surface area (Å²) in [5.41, 5.74) is 27.1. The number of rotatable bonds is 7. The van der Waals surface area contributed by atoms with Crippen LogP contribution in [0, 0.1) is 0 Å². The maximum atomic E-state index is 2.63. The molecule has 0 radical (unpaired) electrons. The first-order valence-corrected chi connectivity index (χ1v) is 29.2. The standard InChI is InChI=1S/C78H64/c1-2-20-44-77(43-19-1)71-33-17-15-27-62(71)64-41-39-57(51-73(64)77)59-48-60(58-40-42-65-63-28-16-18-34-72(63)78(74(65)52-58)45-21-3-4-22-46-78)50-61(49-59)76-68-31-13-11-29-66(68)75(67-30-12-14-32-69(67)76)56-37-35-53(36-38-56)47-70(54-23-7-5-8-24-54)55-25-9-6-10-26-55/h5-18,23-42,47-52H,1-4,19-22,43-46H2. The Bertz CT molecular complexity index is 3880. The highest BCUT2D eigenvalue weighted by Gasteiger charge is 2.44. The van der Waals surface area contributed by atoms with Crippen LogP contribution in [0.5, 0.6) is 0 Å². The Morgan fingerprint density at radius 2 is 0.628 bits per heavy atom. The van der Waals surface area contributed by atoms with Crippen molar-refractivity contribution in [3.63, 3.8) is 0 Å². The van der Waals surface area contributed by atoms with Crippen molar-refractivity contribution in [1.29, 1.82) is 0 Å². The molecule has 0 heteroatoms. The Balaban J connectivity index is 0.924. The van der Waals surface area contributed by atoms with E-state index in [-0.39, 0.29) is 10.8 Å². The topological polar surface area (TPSA) is 0 Å². The lowest BCUT2D eigenvalue weighted by molar-refractivity contribution is 0.456. The van der Waals surface area contributed by atoms with E-state index in [0.29, 0.717) is 0 Å². The van der Waals surface area contributed by atoms with Gasteiger partial charge < -0.3 is 0 Å². The minimum Gasteiger partial charge on any atom is -0.0622 e. The Morgan fingerprint density at radius 3 is 1.08 bits per heavy atom. The molecule has 2 fully saturated rings. The van der Waals surface area contributed by atoms with Gasteiger partial charge in [-0.05, 0) is 195 Å². The molecule has 0 N–H and O–H groups in total. The second kappa shape index (κ2) is 19.3. The van der Waals surface area contributed by atoms with Crippen molar-refractivity contribution in [2.24, 2.45) is 0 Å². The number of fused-ring (bicyclic) bond motifs is 12. The SMILES string of the molecule is C(=C(c1ccccc1)c1ccccc1)c1ccc(-c2c3ccccc3c(-c3cc(-c4ccc5c(c4)C4(CCCCCC4)c4ccccc4-5)cc(-c4ccc5c(c4)C4(CCCCCC4)c4ccccc4-5)c3)c3ccccc23)cc1. The Hall–Kier alpha value is -8.32. The number of hydrogen-bond donors (Lipinski definition) is 0. The third-order valence-electron chi connectivity index (χ3n) is 18.9. The van der Waals surface area contributed by atoms with E-state index in [4.69, 9.17) is 0 Å². The summed E-state index contributed by atoms with van der Waals surface area (Å²) in [5.74, 6) is 0. The minimum atomic E-state index is 0.0592. The van der Waals surface area contributed by atoms with E-state index >= 15 is 0 Å². The van der Waals surface area contributed by atoms with Crippen LogP contribution in [-0.4, -0.2) is 0 Å². The highest BCUT2D eigenvalue weighted by molar-refractivity contribution is 6.21. The molecule has 4 aliphatic carbocycles. The molecule has 0 bridgehead atoms. The van der Waals surface area contributed by atoms with Crippen LogP contribution in [0.2, 0.25) is 0 Å². The van der Waals surface area contributed by atoms with Crippen LogP contribution in [0.4, 0.5) is 0 Å². The molecule has 0 aromatic heterocycles. The van der Waals surface area contributed by atoms with Crippen LogP contribution in [0.1, 0.15) is 116 Å². The zero-order valence-electron chi connectivity index (χ0n) is 44.6. The van der Waals surface area contributed by atoms with Crippen molar-refractivity contribution in [2.45, 2.75) is 87.9 Å². The van der Waals surface area contributed by atoms with E-state index in [1.807, 2.05) is 0 Å². The molecule has 0 aliphatic heterocycles. The first-order valence-electron chi connectivity index (χ1n) is 29.2. The Kier molecular flexibility index (Phi) is 11.6. The predicted octanol–water partition coefficient (Wildman–Crippen LogP) is 21.5. The molecular formula is C78H64. The van der Waals surface area contributed by atoms with Crippen LogP contribution in [0.15, 0.2) is 237 Å². The molecule has 0 atom stereocenters. The summed E-state index contributed by atoms with van der Waals surface area (Å²) < 4.78 is 0. The second-order valence-corrected chi connectivity index (χ2v) is 23.2. The molecule has 0 amide bonds. The Morgan fingerprint density at radius 1 is 0.269 bits per heavy atom. The fourth-order valence-electron chi connectivity index (χ4n) is 15.3. The fraction of sp³-hybridized carbons (Fsp3) is 0.179. The molecule has 4 aliphatic rings. The van der Waals surface area contributed by atoms with E-state index in [1.54, 1.807) is 22.3 Å². The molecule has 78 heavy (non-hydrogen) atoms. The van der Waals surface area contributed by atoms with Gasteiger partial charge in [-0.1, -0.05) is 258 Å². The third kappa shape index (κ3) is 7.70. The summed E-state index contributed by atoms with van der Waals surface area (Å²) in [7, 11) is 0. The largest absolute Gasteiger partial charge is 0.0622 e. The van der Waals surface area contributed by atoms with Crippen molar-refractivity contribution in [3.05, 3.63) is 276 Å². The van der Waals surface area contributed by atoms with E-state index < -0.39 is 0 Å². The monoisotopic (exact) mass is 1000 g/mol. The van der Waals surface area contributed by atoms with Gasteiger partial charge in [0.15, 0.2) is 0 Å². The predicted molar refractivity (Wildman–Crippen MR) is 331 cm³/mol. The first-order chi connectivity index (χ1) is 38.6. The van der Waals surface area contributed by atoms with Gasteiger partial charge in [-0.15, -0.1) is 0 Å². The van der Waals surface area contributed by atoms with Gasteiger partial charge in [-0.2, -0.15) is 0 Å². The minimum absolute atomic E-state index is 0.0592. The van der Waals surface area contributed by atoms with Crippen LogP contribution < -0.4 is 0 Å². The number of benzene rings is 11. The quantitative estimate of drug-likeness (QED) is 0.110. The van der Waals surface area contributed by atoms with E-state index in [2.05, 4.69) is 243 Å². The molecule has 2 spiro atoms. The molecular weight excluding hydrogens is 937 g/mol. The molecule has 0 unspecified atom stereocenters. The summed E-state index contributed by atoms with van der Waals surface area (Å²) in [6.45, 7) is 0. The van der Waals surface area contributed by atoms with Gasteiger partial charge >= 0.3 is 0 Å². The summed E-state index contributed by atoms with van der Waals surface area (Å²) in [4.78, 5) is 0. The van der Waals surface area contributed by atoms with Crippen molar-refractivity contribution in [1.82, 2.24) is 0 Å². The smallest absolute Gasteiger partial charge is 0.0215 e. The third-order valence-corrected chi connectivity index (χ3v) is 18.9. The average Bonchev–Trinajstić information content (AvgIpc) is 3.88. The van der Waals surface area contributed by atoms with Crippen molar-refractivity contribution in [3.8, 4) is 66.8 Å². The zero-order valence-corrected chi connectivity index (χ0v) is 44.6. The van der Waals surface area contributed by atoms with Crippen molar-refractivity contribution < 1.29 is 0 Å². The van der Waals surface area contributed by atoms with E-state index in [9.17, 15) is 0 Å². The highest BCUT2D eigenvalue weighted by Crippen LogP contribution is 2.58. The summed E-state index contributed by atoms with van der Waals surface area (Å²) in [6.07, 6.45) is 17.6. The van der Waals surface area contributed by atoms with Gasteiger partial charge in [0.2, 0.25) is 0 Å². The maximum Gasteiger partial charge on any atom is 0.0215 e. The molecule has 0 nitrogen and oxygen atoms in total. The van der Waals surface area contributed by atoms with Crippen LogP contribution in [0.3, 0.4) is 0 Å². The summed E-state index contributed by atoms with van der Waals surface area (Å²) >= 11 is 0. The van der Waals surface area contributed by atoms with Crippen molar-refractivity contribution >= 4 is 33.2 Å². The summed E-state index contributed by atoms with van der Waals surface area (Å²) in [5, 5.41) is 5.09. The highest BCUT2D eigenvalue weighted by atomic mass is 14.5. The van der Waals surface area contributed by atoms with Gasteiger partial charge in [-0.3, -0.25) is 0 Å². The lowest BCUT2D eigenvalue weighted by Gasteiger charge is -2.31. The lowest BCUT2D eigenvalue weighted by Crippen LogP contribution is -2.24. The maximum absolute atomic E-state index is 2.63. The number of hydrogen-bond acceptors (Lipinski definition) is 0. The molecule has 376 valence electrons. The average molecular weight is 1000 g/mol. The van der Waals surface area contributed by atoms with Crippen LogP contribution in [-0.2, 0) is 10.8 Å². The van der Waals surface area contributed by atoms with Crippen molar-refractivity contribution in [2.75, 3.05) is 0 Å². The van der Waals surface area contributed by atoms with Gasteiger partial charge in [0.25, 0.3) is 0 Å². The van der Waals surface area contributed by atoms with Crippen LogP contribution in [0.25, 0.3) is 100.0 Å². The van der Waals surface area contributed by atoms with Gasteiger partial charge in [0, 0.05) is 10.8 Å². The fourth-order valence-corrected chi connectivity index (χ4v) is 15.3. The van der Waals surface area contributed by atoms with Gasteiger partial charge in [0.05, 0.1) is 0 Å². The molecule has 0 heterocycles. The normalized spacial score (nSPS) is 15.8. The van der Waals surface area contributed by atoms with E-state index in [0.717, 1.165) is 0 Å². The first kappa shape index (κ1) is 46.9. The van der Waals surface area contributed by atoms with Gasteiger partial charge in [-0.25, -0.2) is 0 Å². The van der Waals surface area contributed by atoms with E-state index in [1.165, 1.54) is 188 Å². The molecule has 0 saturated heterocycles.